The zero-order valence-electron chi connectivity index (χ0n) is 26.3. The van der Waals surface area contributed by atoms with Crippen molar-refractivity contribution in [3.63, 3.8) is 0 Å². The summed E-state index contributed by atoms with van der Waals surface area (Å²) in [6.07, 6.45) is 0. The number of benzene rings is 7. The largest absolute Gasteiger partial charge is 0.456 e. The molecule has 7 aromatic carbocycles. The van der Waals surface area contributed by atoms with E-state index in [1.807, 2.05) is 54.6 Å². The average molecular weight is 642 g/mol. The Bertz CT molecular complexity index is 3400. The van der Waals surface area contributed by atoms with Gasteiger partial charge < -0.3 is 13.3 Å². The first-order chi connectivity index (χ1) is 24.8. The van der Waals surface area contributed by atoms with Crippen molar-refractivity contribution in [3.05, 3.63) is 140 Å². The first-order valence-electron chi connectivity index (χ1n) is 16.7. The first-order valence-corrected chi connectivity index (χ1v) is 16.7. The molecule has 0 fully saturated rings. The minimum Gasteiger partial charge on any atom is -0.456 e. The molecular formula is C44H23N3O3. The van der Waals surface area contributed by atoms with E-state index in [9.17, 15) is 0 Å². The Labute approximate surface area is 282 Å². The van der Waals surface area contributed by atoms with Gasteiger partial charge in [0.05, 0.1) is 16.7 Å². The molecule has 12 rings (SSSR count). The Morgan fingerprint density at radius 1 is 0.400 bits per heavy atom. The van der Waals surface area contributed by atoms with Gasteiger partial charge in [-0.2, -0.15) is 0 Å². The highest BCUT2D eigenvalue weighted by atomic mass is 16.3. The number of furan rings is 3. The Morgan fingerprint density at radius 2 is 1.02 bits per heavy atom. The molecule has 0 aliphatic rings. The van der Waals surface area contributed by atoms with E-state index >= 15 is 0 Å². The lowest BCUT2D eigenvalue weighted by Gasteiger charge is -2.12. The number of aromatic nitrogens is 3. The van der Waals surface area contributed by atoms with Crippen LogP contribution in [0.2, 0.25) is 0 Å². The minimum absolute atomic E-state index is 0.585. The van der Waals surface area contributed by atoms with Crippen LogP contribution in [0.25, 0.3) is 116 Å². The van der Waals surface area contributed by atoms with Crippen molar-refractivity contribution in [1.82, 2.24) is 14.5 Å². The second kappa shape index (κ2) is 9.36. The van der Waals surface area contributed by atoms with Crippen molar-refractivity contribution in [2.24, 2.45) is 0 Å². The van der Waals surface area contributed by atoms with Crippen LogP contribution in [-0.4, -0.2) is 14.5 Å². The van der Waals surface area contributed by atoms with Crippen LogP contribution in [0.4, 0.5) is 0 Å². The van der Waals surface area contributed by atoms with Crippen LogP contribution < -0.4 is 0 Å². The van der Waals surface area contributed by atoms with Gasteiger partial charge in [0.15, 0.2) is 5.58 Å². The number of para-hydroxylation sites is 4. The van der Waals surface area contributed by atoms with Crippen molar-refractivity contribution in [2.45, 2.75) is 0 Å². The summed E-state index contributed by atoms with van der Waals surface area (Å²) in [5, 5.41) is 9.55. The highest BCUT2D eigenvalue weighted by Crippen LogP contribution is 2.42. The van der Waals surface area contributed by atoms with Crippen molar-refractivity contribution in [3.8, 4) is 17.2 Å². The molecule has 0 atom stereocenters. The summed E-state index contributed by atoms with van der Waals surface area (Å²) in [6.45, 7) is 0. The molecule has 5 heterocycles. The highest BCUT2D eigenvalue weighted by molar-refractivity contribution is 6.21. The topological polar surface area (TPSA) is 70.1 Å². The summed E-state index contributed by atoms with van der Waals surface area (Å²) >= 11 is 0. The molecule has 0 spiro atoms. The van der Waals surface area contributed by atoms with Gasteiger partial charge in [-0.05, 0) is 54.6 Å². The summed E-state index contributed by atoms with van der Waals surface area (Å²) < 4.78 is 21.3. The van der Waals surface area contributed by atoms with Crippen molar-refractivity contribution in [1.29, 1.82) is 0 Å². The van der Waals surface area contributed by atoms with Gasteiger partial charge in [0.2, 0.25) is 5.95 Å². The molecule has 0 radical (unpaired) electrons. The summed E-state index contributed by atoms with van der Waals surface area (Å²) in [7, 11) is 0. The van der Waals surface area contributed by atoms with Gasteiger partial charge in [-0.3, -0.25) is 4.57 Å². The average Bonchev–Trinajstić information content (AvgIpc) is 3.91. The molecule has 0 unspecified atom stereocenters. The third kappa shape index (κ3) is 3.41. The smallest absolute Gasteiger partial charge is 0.235 e. The Kier molecular flexibility index (Phi) is 4.89. The van der Waals surface area contributed by atoms with Gasteiger partial charge in [-0.15, -0.1) is 0 Å². The van der Waals surface area contributed by atoms with Crippen LogP contribution in [-0.2, 0) is 0 Å². The standard InChI is InChI=1S/C44H23N3O3/c1-5-13-34-30(12-1)41(24-17-20-38-31(21-24)33-22-32-27-11-4-7-15-36(27)48-39(32)23-40(33)49-38)46-44(45-34)47-35-14-6-2-9-25(35)28-18-19-29-26-10-3-8-16-37(26)50-43(29)42(28)47/h1-23H. The van der Waals surface area contributed by atoms with Gasteiger partial charge in [0.25, 0.3) is 0 Å². The van der Waals surface area contributed by atoms with Crippen LogP contribution in [0.5, 0.6) is 0 Å². The van der Waals surface area contributed by atoms with Crippen molar-refractivity contribution in [2.75, 3.05) is 0 Å². The summed E-state index contributed by atoms with van der Waals surface area (Å²) in [5.74, 6) is 0.585. The molecule has 6 heteroatoms. The number of rotatable bonds is 2. The van der Waals surface area contributed by atoms with E-state index in [1.54, 1.807) is 0 Å². The number of fused-ring (bicyclic) bond motifs is 14. The maximum absolute atomic E-state index is 6.60. The molecule has 0 aliphatic heterocycles. The van der Waals surface area contributed by atoms with Gasteiger partial charge in [-0.25, -0.2) is 9.97 Å². The fraction of sp³-hybridized carbons (Fsp3) is 0. The van der Waals surface area contributed by atoms with E-state index in [-0.39, 0.29) is 0 Å². The lowest BCUT2D eigenvalue weighted by molar-refractivity contribution is 0.656. The van der Waals surface area contributed by atoms with E-state index in [2.05, 4.69) is 89.5 Å². The monoisotopic (exact) mass is 641 g/mol. The van der Waals surface area contributed by atoms with E-state index in [4.69, 9.17) is 23.2 Å². The van der Waals surface area contributed by atoms with E-state index < -0.39 is 0 Å². The van der Waals surface area contributed by atoms with Crippen molar-refractivity contribution < 1.29 is 13.3 Å². The van der Waals surface area contributed by atoms with Crippen LogP contribution >= 0.6 is 0 Å². The third-order valence-corrected chi connectivity index (χ3v) is 10.2. The number of nitrogens with zero attached hydrogens (tertiary/aromatic N) is 3. The molecule has 5 aromatic heterocycles. The second-order valence-electron chi connectivity index (χ2n) is 12.9. The minimum atomic E-state index is 0.585. The fourth-order valence-corrected chi connectivity index (χ4v) is 7.97. The number of hydrogen-bond donors (Lipinski definition) is 0. The lowest BCUT2D eigenvalue weighted by Crippen LogP contribution is -2.03. The van der Waals surface area contributed by atoms with Gasteiger partial charge >= 0.3 is 0 Å². The van der Waals surface area contributed by atoms with Gasteiger partial charge in [0.1, 0.15) is 33.4 Å². The van der Waals surface area contributed by atoms with Crippen LogP contribution in [0.1, 0.15) is 0 Å². The molecule has 0 saturated carbocycles. The molecule has 0 aliphatic carbocycles. The first kappa shape index (κ1) is 26.1. The second-order valence-corrected chi connectivity index (χ2v) is 12.9. The van der Waals surface area contributed by atoms with E-state index in [1.165, 1.54) is 0 Å². The predicted octanol–water partition coefficient (Wildman–Crippen LogP) is 12.1. The molecule has 0 bridgehead atoms. The number of hydrogen-bond acceptors (Lipinski definition) is 5. The molecule has 0 saturated heterocycles. The van der Waals surface area contributed by atoms with E-state index in [0.29, 0.717) is 5.95 Å². The predicted molar refractivity (Wildman–Crippen MR) is 201 cm³/mol. The third-order valence-electron chi connectivity index (χ3n) is 10.2. The molecule has 12 aromatic rings. The zero-order chi connectivity index (χ0) is 32.5. The maximum atomic E-state index is 6.60. The summed E-state index contributed by atoms with van der Waals surface area (Å²) in [5.41, 5.74) is 9.62. The summed E-state index contributed by atoms with van der Waals surface area (Å²) in [6, 6.07) is 47.8. The van der Waals surface area contributed by atoms with Crippen LogP contribution in [0.15, 0.2) is 153 Å². The quantitative estimate of drug-likeness (QED) is 0.188. The van der Waals surface area contributed by atoms with E-state index in [0.717, 1.165) is 110 Å². The summed E-state index contributed by atoms with van der Waals surface area (Å²) in [4.78, 5) is 10.6. The SMILES string of the molecule is c1ccc2c(-c3ccc4oc5cc6oc7ccccc7c6cc5c4c3)nc(-n3c4ccccc4c4ccc5c6ccccc6oc5c43)nc2c1. The molecule has 0 N–H and O–H groups in total. The lowest BCUT2D eigenvalue weighted by atomic mass is 10.0. The normalized spacial score (nSPS) is 12.4. The Balaban J connectivity index is 1.15. The molecule has 232 valence electrons. The maximum Gasteiger partial charge on any atom is 0.235 e. The molecule has 0 amide bonds. The zero-order valence-corrected chi connectivity index (χ0v) is 26.3. The molecule has 6 nitrogen and oxygen atoms in total. The Hall–Kier alpha value is -6.92. The highest BCUT2D eigenvalue weighted by Gasteiger charge is 2.22. The molecule has 50 heavy (non-hydrogen) atoms. The Morgan fingerprint density at radius 3 is 1.86 bits per heavy atom. The van der Waals surface area contributed by atoms with Gasteiger partial charge in [-0.1, -0.05) is 78.9 Å². The van der Waals surface area contributed by atoms with Crippen molar-refractivity contribution >= 4 is 98.5 Å². The van der Waals surface area contributed by atoms with Gasteiger partial charge in [0, 0.05) is 60.1 Å². The fourth-order valence-electron chi connectivity index (χ4n) is 7.97. The van der Waals surface area contributed by atoms with Crippen LogP contribution in [0, 0.1) is 0 Å². The van der Waals surface area contributed by atoms with Crippen LogP contribution in [0.3, 0.4) is 0 Å². The molecular weight excluding hydrogens is 619 g/mol.